The minimum absolute atomic E-state index is 0.0851. The summed E-state index contributed by atoms with van der Waals surface area (Å²) in [5.41, 5.74) is 0.507. The van der Waals surface area contributed by atoms with Crippen LogP contribution in [0.5, 0.6) is 17.2 Å². The Hall–Kier alpha value is -2.44. The maximum Gasteiger partial charge on any atom is 0.254 e. The molecule has 0 atom stereocenters. The first-order chi connectivity index (χ1) is 14.4. The fraction of sp³-hybridized carbons (Fsp3) is 0.652. The van der Waals surface area contributed by atoms with Crippen molar-refractivity contribution in [2.75, 3.05) is 46.0 Å². The van der Waals surface area contributed by atoms with Crippen molar-refractivity contribution in [1.29, 1.82) is 0 Å². The highest BCUT2D eigenvalue weighted by Crippen LogP contribution is 2.39. The summed E-state index contributed by atoms with van der Waals surface area (Å²) in [4.78, 5) is 29.4. The second-order valence-corrected chi connectivity index (χ2v) is 7.73. The van der Waals surface area contributed by atoms with Gasteiger partial charge in [0, 0.05) is 38.2 Å². The fourth-order valence-electron chi connectivity index (χ4n) is 3.54. The first-order valence-electron chi connectivity index (χ1n) is 11.0. The van der Waals surface area contributed by atoms with Crippen molar-refractivity contribution in [1.82, 2.24) is 9.80 Å². The van der Waals surface area contributed by atoms with Crippen LogP contribution in [-0.2, 0) is 4.79 Å². The van der Waals surface area contributed by atoms with E-state index in [1.807, 2.05) is 44.4 Å². The van der Waals surface area contributed by atoms with E-state index in [2.05, 4.69) is 0 Å². The summed E-state index contributed by atoms with van der Waals surface area (Å²) in [6, 6.07) is 3.46. The predicted octanol–water partition coefficient (Wildman–Crippen LogP) is 3.60. The molecule has 0 radical (unpaired) electrons. The molecule has 168 valence electrons. The van der Waals surface area contributed by atoms with E-state index < -0.39 is 0 Å². The Labute approximate surface area is 180 Å². The number of benzene rings is 1. The number of rotatable bonds is 9. The molecule has 7 heteroatoms. The molecular formula is C23H36N2O5. The summed E-state index contributed by atoms with van der Waals surface area (Å²) in [7, 11) is 0. The highest BCUT2D eigenvalue weighted by molar-refractivity contribution is 5.95. The molecule has 0 aromatic heterocycles. The zero-order chi connectivity index (χ0) is 22.1. The molecule has 0 bridgehead atoms. The normalized spacial score (nSPS) is 14.5. The van der Waals surface area contributed by atoms with Crippen LogP contribution in [0.25, 0.3) is 0 Å². The molecule has 0 aliphatic carbocycles. The quantitative estimate of drug-likeness (QED) is 0.611. The molecule has 1 heterocycles. The van der Waals surface area contributed by atoms with Gasteiger partial charge in [0.2, 0.25) is 11.7 Å². The van der Waals surface area contributed by atoms with Gasteiger partial charge in [-0.15, -0.1) is 0 Å². The van der Waals surface area contributed by atoms with Gasteiger partial charge in [-0.05, 0) is 45.2 Å². The van der Waals surface area contributed by atoms with E-state index in [0.717, 1.165) is 6.42 Å². The van der Waals surface area contributed by atoms with Crippen LogP contribution in [0.1, 0.15) is 57.8 Å². The maximum absolute atomic E-state index is 13.3. The Balaban J connectivity index is 2.21. The monoisotopic (exact) mass is 420 g/mol. The van der Waals surface area contributed by atoms with Crippen molar-refractivity contribution in [3.05, 3.63) is 17.7 Å². The van der Waals surface area contributed by atoms with Crippen LogP contribution < -0.4 is 14.2 Å². The molecule has 7 nitrogen and oxygen atoms in total. The molecule has 1 saturated heterocycles. The fourth-order valence-corrected chi connectivity index (χ4v) is 3.54. The number of hydrogen-bond donors (Lipinski definition) is 0. The van der Waals surface area contributed by atoms with Crippen molar-refractivity contribution in [3.8, 4) is 17.2 Å². The van der Waals surface area contributed by atoms with E-state index in [9.17, 15) is 9.59 Å². The third kappa shape index (κ3) is 6.28. The van der Waals surface area contributed by atoms with Crippen LogP contribution >= 0.6 is 0 Å². The van der Waals surface area contributed by atoms with E-state index in [1.54, 1.807) is 12.1 Å². The highest BCUT2D eigenvalue weighted by atomic mass is 16.5. The standard InChI is InChI=1S/C23H36N2O5/c1-6-28-19-15-18(16-20(29-7-2)22(19)30-8-3)23(27)25-11-9-10-24(12-13-25)21(26)14-17(4)5/h15-17H,6-14H2,1-5H3. The first-order valence-corrected chi connectivity index (χ1v) is 11.0. The summed E-state index contributed by atoms with van der Waals surface area (Å²) < 4.78 is 17.2. The lowest BCUT2D eigenvalue weighted by Crippen LogP contribution is -2.37. The number of amides is 2. The Bertz CT molecular complexity index is 693. The molecule has 30 heavy (non-hydrogen) atoms. The third-order valence-corrected chi connectivity index (χ3v) is 4.87. The largest absolute Gasteiger partial charge is 0.490 e. The summed E-state index contributed by atoms with van der Waals surface area (Å²) >= 11 is 0. The van der Waals surface area contributed by atoms with Crippen LogP contribution in [0, 0.1) is 5.92 Å². The van der Waals surface area contributed by atoms with Crippen LogP contribution in [0.15, 0.2) is 12.1 Å². The van der Waals surface area contributed by atoms with Gasteiger partial charge in [-0.1, -0.05) is 13.8 Å². The van der Waals surface area contributed by atoms with E-state index >= 15 is 0 Å². The summed E-state index contributed by atoms with van der Waals surface area (Å²) in [5.74, 6) is 1.96. The van der Waals surface area contributed by atoms with Gasteiger partial charge >= 0.3 is 0 Å². The molecule has 1 aromatic rings. The molecular weight excluding hydrogens is 384 g/mol. The van der Waals surface area contributed by atoms with E-state index in [0.29, 0.717) is 81.2 Å². The van der Waals surface area contributed by atoms with Gasteiger partial charge < -0.3 is 24.0 Å². The number of hydrogen-bond acceptors (Lipinski definition) is 5. The average molecular weight is 421 g/mol. The molecule has 1 aromatic carbocycles. The molecule has 0 saturated carbocycles. The SMILES string of the molecule is CCOc1cc(C(=O)N2CCCN(C(=O)CC(C)C)CC2)cc(OCC)c1OCC. The van der Waals surface area contributed by atoms with Crippen molar-refractivity contribution in [2.45, 2.75) is 47.5 Å². The van der Waals surface area contributed by atoms with Gasteiger partial charge in [-0.3, -0.25) is 9.59 Å². The van der Waals surface area contributed by atoms with Gasteiger partial charge in [0.05, 0.1) is 19.8 Å². The number of carbonyl (C=O) groups is 2. The molecule has 0 N–H and O–H groups in total. The summed E-state index contributed by atoms with van der Waals surface area (Å²) in [6.45, 7) is 13.5. The number of ether oxygens (including phenoxy) is 3. The molecule has 2 rings (SSSR count). The zero-order valence-electron chi connectivity index (χ0n) is 19.0. The third-order valence-electron chi connectivity index (χ3n) is 4.87. The lowest BCUT2D eigenvalue weighted by Gasteiger charge is -2.23. The Morgan fingerprint density at radius 3 is 1.93 bits per heavy atom. The van der Waals surface area contributed by atoms with Crippen LogP contribution in [0.3, 0.4) is 0 Å². The van der Waals surface area contributed by atoms with E-state index in [-0.39, 0.29) is 11.8 Å². The summed E-state index contributed by atoms with van der Waals surface area (Å²) in [5, 5.41) is 0. The Morgan fingerprint density at radius 2 is 1.40 bits per heavy atom. The predicted molar refractivity (Wildman–Crippen MR) is 117 cm³/mol. The van der Waals surface area contributed by atoms with Crippen LogP contribution in [-0.4, -0.2) is 67.6 Å². The van der Waals surface area contributed by atoms with Gasteiger partial charge in [0.1, 0.15) is 0 Å². The van der Waals surface area contributed by atoms with Gasteiger partial charge in [-0.25, -0.2) is 0 Å². The van der Waals surface area contributed by atoms with Crippen LogP contribution in [0.2, 0.25) is 0 Å². The zero-order valence-corrected chi connectivity index (χ0v) is 19.0. The topological polar surface area (TPSA) is 68.3 Å². The molecule has 2 amide bonds. The van der Waals surface area contributed by atoms with Crippen molar-refractivity contribution >= 4 is 11.8 Å². The second-order valence-electron chi connectivity index (χ2n) is 7.73. The average Bonchev–Trinajstić information content (AvgIpc) is 2.96. The number of nitrogens with zero attached hydrogens (tertiary/aromatic N) is 2. The Kier molecular flexibility index (Phi) is 9.27. The lowest BCUT2D eigenvalue weighted by molar-refractivity contribution is -0.131. The molecule has 0 spiro atoms. The second kappa shape index (κ2) is 11.7. The minimum atomic E-state index is -0.0851. The van der Waals surface area contributed by atoms with E-state index in [4.69, 9.17) is 14.2 Å². The van der Waals surface area contributed by atoms with Crippen molar-refractivity contribution in [3.63, 3.8) is 0 Å². The van der Waals surface area contributed by atoms with Crippen molar-refractivity contribution < 1.29 is 23.8 Å². The first kappa shape index (κ1) is 23.8. The minimum Gasteiger partial charge on any atom is -0.490 e. The van der Waals surface area contributed by atoms with Gasteiger partial charge in [0.25, 0.3) is 5.91 Å². The van der Waals surface area contributed by atoms with Gasteiger partial charge in [0.15, 0.2) is 11.5 Å². The molecule has 1 aliphatic rings. The van der Waals surface area contributed by atoms with Crippen LogP contribution in [0.4, 0.5) is 0 Å². The maximum atomic E-state index is 13.3. The smallest absolute Gasteiger partial charge is 0.254 e. The van der Waals surface area contributed by atoms with Crippen molar-refractivity contribution in [2.24, 2.45) is 5.92 Å². The summed E-state index contributed by atoms with van der Waals surface area (Å²) in [6.07, 6.45) is 1.31. The van der Waals surface area contributed by atoms with E-state index in [1.165, 1.54) is 0 Å². The van der Waals surface area contributed by atoms with Gasteiger partial charge in [-0.2, -0.15) is 0 Å². The lowest BCUT2D eigenvalue weighted by atomic mass is 10.1. The Morgan fingerprint density at radius 1 is 0.867 bits per heavy atom. The highest BCUT2D eigenvalue weighted by Gasteiger charge is 2.25. The molecule has 1 fully saturated rings. The molecule has 0 unspecified atom stereocenters. The molecule has 1 aliphatic heterocycles. The number of carbonyl (C=O) groups excluding carboxylic acids is 2.